The Labute approximate surface area is 176 Å². The number of thioether (sulfide) groups is 1. The van der Waals surface area contributed by atoms with E-state index in [1.165, 1.54) is 0 Å². The number of piperidine rings is 1. The normalized spacial score (nSPS) is 18.5. The first-order valence-corrected chi connectivity index (χ1v) is 11.1. The molecule has 0 radical (unpaired) electrons. The number of amides is 2. The molecule has 2 saturated heterocycles. The van der Waals surface area contributed by atoms with Crippen molar-refractivity contribution in [2.75, 3.05) is 25.4 Å². The van der Waals surface area contributed by atoms with Gasteiger partial charge < -0.3 is 9.80 Å². The highest BCUT2D eigenvalue weighted by Crippen LogP contribution is 2.44. The second kappa shape index (κ2) is 8.46. The number of benzene rings is 2. The average Bonchev–Trinajstić information content (AvgIpc) is 3.16. The van der Waals surface area contributed by atoms with E-state index in [9.17, 15) is 9.59 Å². The van der Waals surface area contributed by atoms with Gasteiger partial charge in [0.1, 0.15) is 0 Å². The molecule has 0 aromatic heterocycles. The standard InChI is InChI=1S/C24H26N2O2S/c1-19-7-5-6-10-21(19)23(28)25-15-13-24(14-16-25)26(17-18-29-24)22(27)12-11-20-8-3-2-4-9-20/h2-12H,13-18H2,1H3/b12-11+. The van der Waals surface area contributed by atoms with E-state index in [-0.39, 0.29) is 16.7 Å². The maximum atomic E-state index is 12.9. The molecule has 4 nitrogen and oxygen atoms in total. The van der Waals surface area contributed by atoms with Gasteiger partial charge in [0.05, 0.1) is 4.87 Å². The molecule has 0 N–H and O–H groups in total. The highest BCUT2D eigenvalue weighted by molar-refractivity contribution is 8.00. The van der Waals surface area contributed by atoms with Gasteiger partial charge in [-0.05, 0) is 43.0 Å². The van der Waals surface area contributed by atoms with Crippen molar-refractivity contribution in [3.05, 3.63) is 77.4 Å². The molecular weight excluding hydrogens is 380 g/mol. The van der Waals surface area contributed by atoms with E-state index < -0.39 is 0 Å². The van der Waals surface area contributed by atoms with E-state index in [0.717, 1.165) is 41.8 Å². The number of aryl methyl sites for hydroxylation is 1. The molecule has 4 rings (SSSR count). The molecule has 2 fully saturated rings. The minimum absolute atomic E-state index is 0.0672. The van der Waals surface area contributed by atoms with E-state index in [2.05, 4.69) is 0 Å². The Morgan fingerprint density at radius 3 is 2.38 bits per heavy atom. The molecular formula is C24H26N2O2S. The number of carbonyl (C=O) groups excluding carboxylic acids is 2. The van der Waals surface area contributed by atoms with E-state index >= 15 is 0 Å². The van der Waals surface area contributed by atoms with Crippen molar-refractivity contribution < 1.29 is 9.59 Å². The third kappa shape index (κ3) is 4.10. The molecule has 2 aliphatic rings. The molecule has 150 valence electrons. The predicted molar refractivity (Wildman–Crippen MR) is 119 cm³/mol. The Morgan fingerprint density at radius 1 is 0.966 bits per heavy atom. The van der Waals surface area contributed by atoms with Crippen molar-refractivity contribution >= 4 is 29.7 Å². The van der Waals surface area contributed by atoms with Gasteiger partial charge in [-0.1, -0.05) is 48.5 Å². The lowest BCUT2D eigenvalue weighted by atomic mass is 10.00. The first-order chi connectivity index (χ1) is 14.1. The second-order valence-corrected chi connectivity index (χ2v) is 9.09. The van der Waals surface area contributed by atoms with Crippen LogP contribution in [-0.4, -0.2) is 51.9 Å². The van der Waals surface area contributed by atoms with Gasteiger partial charge in [-0.3, -0.25) is 9.59 Å². The number of rotatable bonds is 3. The number of carbonyl (C=O) groups is 2. The molecule has 0 atom stereocenters. The van der Waals surface area contributed by atoms with Crippen molar-refractivity contribution in [2.45, 2.75) is 24.6 Å². The third-order valence-electron chi connectivity index (χ3n) is 5.87. The number of hydrogen-bond acceptors (Lipinski definition) is 3. The summed E-state index contributed by atoms with van der Waals surface area (Å²) in [5.41, 5.74) is 2.82. The van der Waals surface area contributed by atoms with E-state index in [1.54, 1.807) is 6.08 Å². The van der Waals surface area contributed by atoms with Gasteiger partial charge in [-0.15, -0.1) is 11.8 Å². The molecule has 2 aliphatic heterocycles. The summed E-state index contributed by atoms with van der Waals surface area (Å²) in [6.07, 6.45) is 5.21. The molecule has 1 spiro atoms. The Bertz CT molecular complexity index is 917. The summed E-state index contributed by atoms with van der Waals surface area (Å²) in [6.45, 7) is 4.12. The zero-order valence-corrected chi connectivity index (χ0v) is 17.5. The molecule has 2 amide bonds. The Balaban J connectivity index is 1.43. The zero-order valence-electron chi connectivity index (χ0n) is 16.7. The van der Waals surface area contributed by atoms with Crippen LogP contribution >= 0.6 is 11.8 Å². The zero-order chi connectivity index (χ0) is 20.3. The summed E-state index contributed by atoms with van der Waals surface area (Å²) in [6, 6.07) is 17.6. The van der Waals surface area contributed by atoms with E-state index in [4.69, 9.17) is 0 Å². The van der Waals surface area contributed by atoms with Crippen LogP contribution in [0.1, 0.15) is 34.3 Å². The molecule has 0 saturated carbocycles. The molecule has 29 heavy (non-hydrogen) atoms. The third-order valence-corrected chi connectivity index (χ3v) is 7.42. The Morgan fingerprint density at radius 2 is 1.66 bits per heavy atom. The lowest BCUT2D eigenvalue weighted by Gasteiger charge is -2.43. The smallest absolute Gasteiger partial charge is 0.254 e. The van der Waals surface area contributed by atoms with Crippen LogP contribution in [0, 0.1) is 6.92 Å². The maximum Gasteiger partial charge on any atom is 0.254 e. The second-order valence-electron chi connectivity index (χ2n) is 7.64. The van der Waals surface area contributed by atoms with Crippen LogP contribution < -0.4 is 0 Å². The van der Waals surface area contributed by atoms with Gasteiger partial charge in [0.15, 0.2) is 0 Å². The van der Waals surface area contributed by atoms with Crippen molar-refractivity contribution in [2.24, 2.45) is 0 Å². The summed E-state index contributed by atoms with van der Waals surface area (Å²) in [5.74, 6) is 1.12. The van der Waals surface area contributed by atoms with Crippen LogP contribution in [0.25, 0.3) is 6.08 Å². The number of hydrogen-bond donors (Lipinski definition) is 0. The minimum atomic E-state index is -0.180. The Hall–Kier alpha value is -2.53. The largest absolute Gasteiger partial charge is 0.338 e. The summed E-state index contributed by atoms with van der Waals surface area (Å²) in [4.78, 5) is 29.6. The molecule has 0 bridgehead atoms. The van der Waals surface area contributed by atoms with Gasteiger partial charge in [0.2, 0.25) is 5.91 Å². The SMILES string of the molecule is Cc1ccccc1C(=O)N1CCC2(CC1)SCCN2C(=O)/C=C/c1ccccc1. The fourth-order valence-electron chi connectivity index (χ4n) is 4.20. The predicted octanol–water partition coefficient (Wildman–Crippen LogP) is 4.22. The van der Waals surface area contributed by atoms with Gasteiger partial charge in [-0.2, -0.15) is 0 Å². The lowest BCUT2D eigenvalue weighted by Crippen LogP contribution is -2.53. The quantitative estimate of drug-likeness (QED) is 0.717. The molecule has 0 aliphatic carbocycles. The van der Waals surface area contributed by atoms with Crippen molar-refractivity contribution in [3.63, 3.8) is 0 Å². The average molecular weight is 407 g/mol. The summed E-state index contributed by atoms with van der Waals surface area (Å²) in [7, 11) is 0. The van der Waals surface area contributed by atoms with Gasteiger partial charge >= 0.3 is 0 Å². The van der Waals surface area contributed by atoms with Crippen LogP contribution in [0.5, 0.6) is 0 Å². The van der Waals surface area contributed by atoms with Crippen LogP contribution in [0.4, 0.5) is 0 Å². The Kier molecular flexibility index (Phi) is 5.76. The molecule has 0 unspecified atom stereocenters. The summed E-state index contributed by atoms with van der Waals surface area (Å²) < 4.78 is 0. The summed E-state index contributed by atoms with van der Waals surface area (Å²) in [5, 5.41) is 0. The van der Waals surface area contributed by atoms with Crippen LogP contribution in [0.15, 0.2) is 60.7 Å². The lowest BCUT2D eigenvalue weighted by molar-refractivity contribution is -0.129. The highest BCUT2D eigenvalue weighted by atomic mass is 32.2. The fraction of sp³-hybridized carbons (Fsp3) is 0.333. The first kappa shape index (κ1) is 19.8. The van der Waals surface area contributed by atoms with Gasteiger partial charge in [0.25, 0.3) is 5.91 Å². The first-order valence-electron chi connectivity index (χ1n) is 10.1. The number of nitrogens with zero attached hydrogens (tertiary/aromatic N) is 2. The molecule has 5 heteroatoms. The molecule has 2 aromatic rings. The molecule has 2 heterocycles. The molecule has 2 aromatic carbocycles. The van der Waals surface area contributed by atoms with Gasteiger partial charge in [0, 0.05) is 37.0 Å². The number of likely N-dealkylation sites (tertiary alicyclic amines) is 1. The van der Waals surface area contributed by atoms with Crippen molar-refractivity contribution in [1.29, 1.82) is 0 Å². The summed E-state index contributed by atoms with van der Waals surface area (Å²) >= 11 is 1.87. The minimum Gasteiger partial charge on any atom is -0.338 e. The highest BCUT2D eigenvalue weighted by Gasteiger charge is 2.46. The van der Waals surface area contributed by atoms with E-state index in [1.807, 2.05) is 89.2 Å². The topological polar surface area (TPSA) is 40.6 Å². The van der Waals surface area contributed by atoms with E-state index in [0.29, 0.717) is 13.1 Å². The fourth-order valence-corrected chi connectivity index (χ4v) is 5.66. The van der Waals surface area contributed by atoms with Crippen LogP contribution in [0.2, 0.25) is 0 Å². The van der Waals surface area contributed by atoms with Crippen molar-refractivity contribution in [3.8, 4) is 0 Å². The maximum absolute atomic E-state index is 12.9. The monoisotopic (exact) mass is 406 g/mol. The van der Waals surface area contributed by atoms with Crippen molar-refractivity contribution in [1.82, 2.24) is 9.80 Å². The van der Waals surface area contributed by atoms with Crippen LogP contribution in [0.3, 0.4) is 0 Å². The van der Waals surface area contributed by atoms with Gasteiger partial charge in [-0.25, -0.2) is 0 Å². The van der Waals surface area contributed by atoms with Crippen LogP contribution in [-0.2, 0) is 4.79 Å².